The Kier molecular flexibility index (Phi) is 4.57. The van der Waals surface area contributed by atoms with E-state index in [2.05, 4.69) is 4.74 Å². The number of likely N-dealkylation sites (tertiary alicyclic amines) is 1. The van der Waals surface area contributed by atoms with Gasteiger partial charge in [-0.05, 0) is 12.5 Å². The van der Waals surface area contributed by atoms with Crippen molar-refractivity contribution in [2.24, 2.45) is 0 Å². The van der Waals surface area contributed by atoms with Crippen LogP contribution in [-0.2, 0) is 25.7 Å². The number of nitrogens with zero attached hydrogens (tertiary/aromatic N) is 1. The molecule has 112 valence electrons. The van der Waals surface area contributed by atoms with Crippen LogP contribution in [0.3, 0.4) is 0 Å². The molecule has 0 spiro atoms. The lowest BCUT2D eigenvalue weighted by Gasteiger charge is -2.24. The van der Waals surface area contributed by atoms with Crippen molar-refractivity contribution >= 4 is 17.8 Å². The molecule has 0 aromatic heterocycles. The molecule has 2 rings (SSSR count). The second kappa shape index (κ2) is 6.39. The van der Waals surface area contributed by atoms with Gasteiger partial charge in [-0.3, -0.25) is 9.69 Å². The lowest BCUT2D eigenvalue weighted by molar-refractivity contribution is -0.148. The smallest absolute Gasteiger partial charge is 0.411 e. The van der Waals surface area contributed by atoms with Crippen molar-refractivity contribution in [3.8, 4) is 0 Å². The van der Waals surface area contributed by atoms with E-state index in [-0.39, 0.29) is 24.9 Å². The van der Waals surface area contributed by atoms with E-state index < -0.39 is 18.1 Å². The first-order valence-electron chi connectivity index (χ1n) is 6.64. The van der Waals surface area contributed by atoms with Crippen molar-refractivity contribution in [1.82, 2.24) is 4.90 Å². The topological polar surface area (TPSA) is 72.9 Å². The Morgan fingerprint density at radius 2 is 1.95 bits per heavy atom. The van der Waals surface area contributed by atoms with Gasteiger partial charge in [-0.2, -0.15) is 0 Å². The van der Waals surface area contributed by atoms with E-state index in [0.29, 0.717) is 0 Å². The number of hydrogen-bond acceptors (Lipinski definition) is 5. The van der Waals surface area contributed by atoms with Crippen molar-refractivity contribution < 1.29 is 23.9 Å². The van der Waals surface area contributed by atoms with E-state index in [0.717, 1.165) is 10.5 Å². The maximum absolute atomic E-state index is 12.1. The monoisotopic (exact) mass is 291 g/mol. The highest BCUT2D eigenvalue weighted by Crippen LogP contribution is 2.23. The minimum Gasteiger partial charge on any atom is -0.467 e. The molecule has 2 atom stereocenters. The SMILES string of the molecule is COC(=O)[C@H]1C(=O)C[C@@H](C)N1C(=O)OCc1ccccc1. The van der Waals surface area contributed by atoms with Gasteiger partial charge in [0.1, 0.15) is 6.61 Å². The molecule has 0 radical (unpaired) electrons. The number of hydrogen-bond donors (Lipinski definition) is 0. The first-order valence-corrected chi connectivity index (χ1v) is 6.64. The quantitative estimate of drug-likeness (QED) is 0.623. The number of ether oxygens (including phenoxy) is 2. The van der Waals surface area contributed by atoms with Crippen molar-refractivity contribution in [3.63, 3.8) is 0 Å². The molecule has 0 N–H and O–H groups in total. The Labute approximate surface area is 122 Å². The van der Waals surface area contributed by atoms with Crippen molar-refractivity contribution in [3.05, 3.63) is 35.9 Å². The summed E-state index contributed by atoms with van der Waals surface area (Å²) in [6.45, 7) is 1.79. The average Bonchev–Trinajstić information content (AvgIpc) is 2.79. The Bertz CT molecular complexity index is 534. The van der Waals surface area contributed by atoms with Crippen LogP contribution in [-0.4, -0.2) is 41.9 Å². The fourth-order valence-corrected chi connectivity index (χ4v) is 2.35. The highest BCUT2D eigenvalue weighted by Gasteiger charge is 2.46. The second-order valence-electron chi connectivity index (χ2n) is 4.89. The fourth-order valence-electron chi connectivity index (χ4n) is 2.35. The highest BCUT2D eigenvalue weighted by molar-refractivity contribution is 6.07. The molecule has 1 aliphatic rings. The second-order valence-corrected chi connectivity index (χ2v) is 4.89. The predicted octanol–water partition coefficient (Wildman–Crippen LogP) is 1.53. The maximum atomic E-state index is 12.1. The number of methoxy groups -OCH3 is 1. The zero-order valence-corrected chi connectivity index (χ0v) is 11.9. The van der Waals surface area contributed by atoms with Crippen LogP contribution in [0.2, 0.25) is 0 Å². The molecule has 0 saturated carbocycles. The molecular formula is C15H17NO5. The van der Waals surface area contributed by atoms with Gasteiger partial charge >= 0.3 is 12.1 Å². The number of esters is 1. The van der Waals surface area contributed by atoms with E-state index >= 15 is 0 Å². The molecule has 1 heterocycles. The van der Waals surface area contributed by atoms with Gasteiger partial charge in [0.25, 0.3) is 0 Å². The minimum atomic E-state index is -1.20. The standard InChI is InChI=1S/C15H17NO5/c1-10-8-12(17)13(14(18)20-2)16(10)15(19)21-9-11-6-4-3-5-7-11/h3-7,10,13H,8-9H2,1-2H3/t10-,13-/m1/s1. The first-order chi connectivity index (χ1) is 10.0. The molecule has 1 aromatic carbocycles. The molecule has 21 heavy (non-hydrogen) atoms. The molecular weight excluding hydrogens is 274 g/mol. The van der Waals surface area contributed by atoms with Gasteiger partial charge in [0, 0.05) is 12.5 Å². The molecule has 1 amide bonds. The normalized spacial score (nSPS) is 21.2. The van der Waals surface area contributed by atoms with Crippen LogP contribution in [0.5, 0.6) is 0 Å². The summed E-state index contributed by atoms with van der Waals surface area (Å²) < 4.78 is 9.77. The molecule has 1 aromatic rings. The number of carbonyl (C=O) groups excluding carboxylic acids is 3. The van der Waals surface area contributed by atoms with E-state index in [1.54, 1.807) is 6.92 Å². The first kappa shape index (κ1) is 15.0. The van der Waals surface area contributed by atoms with Crippen LogP contribution in [0.1, 0.15) is 18.9 Å². The van der Waals surface area contributed by atoms with Crippen LogP contribution in [0.25, 0.3) is 0 Å². The number of amides is 1. The minimum absolute atomic E-state index is 0.0883. The average molecular weight is 291 g/mol. The summed E-state index contributed by atoms with van der Waals surface area (Å²) in [5.74, 6) is -1.06. The van der Waals surface area contributed by atoms with Gasteiger partial charge < -0.3 is 9.47 Å². The fraction of sp³-hybridized carbons (Fsp3) is 0.400. The number of rotatable bonds is 3. The number of carbonyl (C=O) groups is 3. The van der Waals surface area contributed by atoms with Gasteiger partial charge in [-0.1, -0.05) is 30.3 Å². The van der Waals surface area contributed by atoms with Gasteiger partial charge in [0.2, 0.25) is 0 Å². The summed E-state index contributed by atoms with van der Waals surface area (Å²) in [6.07, 6.45) is -0.562. The Morgan fingerprint density at radius 3 is 2.57 bits per heavy atom. The van der Waals surface area contributed by atoms with Crippen LogP contribution in [0, 0.1) is 0 Å². The molecule has 1 fully saturated rings. The van der Waals surface area contributed by atoms with Gasteiger partial charge in [0.05, 0.1) is 7.11 Å². The van der Waals surface area contributed by atoms with Crippen LogP contribution < -0.4 is 0 Å². The van der Waals surface area contributed by atoms with E-state index in [1.807, 2.05) is 30.3 Å². The Morgan fingerprint density at radius 1 is 1.29 bits per heavy atom. The Balaban J connectivity index is 2.05. The molecule has 0 aliphatic carbocycles. The summed E-state index contributed by atoms with van der Waals surface area (Å²) in [7, 11) is 1.19. The van der Waals surface area contributed by atoms with Gasteiger partial charge in [-0.15, -0.1) is 0 Å². The number of benzene rings is 1. The summed E-state index contributed by atoms with van der Waals surface area (Å²) in [4.78, 5) is 36.8. The highest BCUT2D eigenvalue weighted by atomic mass is 16.6. The van der Waals surface area contributed by atoms with Gasteiger partial charge in [-0.25, -0.2) is 9.59 Å². The number of ketones is 1. The Hall–Kier alpha value is -2.37. The van der Waals surface area contributed by atoms with E-state index in [1.165, 1.54) is 7.11 Å². The van der Waals surface area contributed by atoms with Crippen molar-refractivity contribution in [2.45, 2.75) is 32.0 Å². The summed E-state index contributed by atoms with van der Waals surface area (Å²) in [6, 6.07) is 7.59. The van der Waals surface area contributed by atoms with Crippen molar-refractivity contribution in [2.75, 3.05) is 7.11 Å². The zero-order chi connectivity index (χ0) is 15.4. The number of Topliss-reactive ketones (excluding diaryl/α,β-unsaturated/α-hetero) is 1. The van der Waals surface area contributed by atoms with Gasteiger partial charge in [0.15, 0.2) is 11.8 Å². The van der Waals surface area contributed by atoms with Crippen LogP contribution >= 0.6 is 0 Å². The summed E-state index contributed by atoms with van der Waals surface area (Å²) in [5, 5.41) is 0. The molecule has 6 nitrogen and oxygen atoms in total. The molecule has 0 bridgehead atoms. The molecule has 6 heteroatoms. The van der Waals surface area contributed by atoms with Crippen LogP contribution in [0.15, 0.2) is 30.3 Å². The third-order valence-corrected chi connectivity index (χ3v) is 3.40. The lowest BCUT2D eigenvalue weighted by atomic mass is 10.2. The van der Waals surface area contributed by atoms with E-state index in [4.69, 9.17) is 4.74 Å². The molecule has 1 aliphatic heterocycles. The summed E-state index contributed by atoms with van der Waals surface area (Å²) >= 11 is 0. The molecule has 0 unspecified atom stereocenters. The third kappa shape index (κ3) is 3.21. The molecule has 1 saturated heterocycles. The summed E-state index contributed by atoms with van der Waals surface area (Å²) in [5.41, 5.74) is 0.832. The predicted molar refractivity (Wildman–Crippen MR) is 73.4 cm³/mol. The maximum Gasteiger partial charge on any atom is 0.411 e. The van der Waals surface area contributed by atoms with E-state index in [9.17, 15) is 14.4 Å². The largest absolute Gasteiger partial charge is 0.467 e. The lowest BCUT2D eigenvalue weighted by Crippen LogP contribution is -2.46. The third-order valence-electron chi connectivity index (χ3n) is 3.40. The zero-order valence-electron chi connectivity index (χ0n) is 11.9. The van der Waals surface area contributed by atoms with Crippen LogP contribution in [0.4, 0.5) is 4.79 Å². The van der Waals surface area contributed by atoms with Crippen molar-refractivity contribution in [1.29, 1.82) is 0 Å².